The highest BCUT2D eigenvalue weighted by molar-refractivity contribution is 7.98. The van der Waals surface area contributed by atoms with E-state index in [9.17, 15) is 4.79 Å². The average molecular weight is 302 g/mol. The van der Waals surface area contributed by atoms with Crippen LogP contribution in [0.2, 0.25) is 0 Å². The number of rotatable bonds is 4. The maximum Gasteiger partial charge on any atom is 0.254 e. The first-order valence-corrected chi connectivity index (χ1v) is 8.12. The number of thioether (sulfide) groups is 1. The van der Waals surface area contributed by atoms with Crippen molar-refractivity contribution in [1.29, 1.82) is 0 Å². The van der Waals surface area contributed by atoms with Crippen LogP contribution in [0.5, 0.6) is 5.75 Å². The number of aromatic nitrogens is 2. The zero-order chi connectivity index (χ0) is 14.7. The summed E-state index contributed by atoms with van der Waals surface area (Å²) in [5.41, 5.74) is 3.09. The van der Waals surface area contributed by atoms with Gasteiger partial charge in [-0.05, 0) is 43.4 Å². The highest BCUT2D eigenvalue weighted by Gasteiger charge is 2.15. The van der Waals surface area contributed by atoms with E-state index in [2.05, 4.69) is 9.97 Å². The van der Waals surface area contributed by atoms with Gasteiger partial charge in [0.1, 0.15) is 5.75 Å². The molecule has 0 unspecified atom stereocenters. The smallest absolute Gasteiger partial charge is 0.254 e. The fraction of sp³-hybridized carbons (Fsp3) is 0.375. The molecule has 0 aliphatic heterocycles. The Bertz CT molecular complexity index is 680. The van der Waals surface area contributed by atoms with Crippen LogP contribution in [0.25, 0.3) is 0 Å². The summed E-state index contributed by atoms with van der Waals surface area (Å²) < 4.78 is 5.14. The minimum absolute atomic E-state index is 0.0388. The Morgan fingerprint density at radius 2 is 2.00 bits per heavy atom. The van der Waals surface area contributed by atoms with Crippen molar-refractivity contribution in [2.45, 2.75) is 36.6 Å². The first-order valence-electron chi connectivity index (χ1n) is 7.14. The van der Waals surface area contributed by atoms with Gasteiger partial charge in [-0.15, -0.1) is 0 Å². The molecule has 1 heterocycles. The molecule has 1 aliphatic carbocycles. The van der Waals surface area contributed by atoms with Crippen molar-refractivity contribution < 1.29 is 4.74 Å². The van der Waals surface area contributed by atoms with Gasteiger partial charge in [0.15, 0.2) is 5.16 Å². The molecule has 0 saturated carbocycles. The highest BCUT2D eigenvalue weighted by Crippen LogP contribution is 2.23. The first-order chi connectivity index (χ1) is 10.3. The number of aryl methyl sites for hydroxylation is 1. The second-order valence-electron chi connectivity index (χ2n) is 5.14. The molecule has 1 aliphatic rings. The minimum atomic E-state index is 0.0388. The zero-order valence-electron chi connectivity index (χ0n) is 12.0. The molecule has 21 heavy (non-hydrogen) atoms. The normalized spacial score (nSPS) is 13.8. The predicted octanol–water partition coefficient (Wildman–Crippen LogP) is 2.95. The fourth-order valence-electron chi connectivity index (χ4n) is 2.52. The highest BCUT2D eigenvalue weighted by atomic mass is 32.2. The van der Waals surface area contributed by atoms with Gasteiger partial charge in [-0.25, -0.2) is 4.98 Å². The summed E-state index contributed by atoms with van der Waals surface area (Å²) in [5, 5.41) is 0.719. The lowest BCUT2D eigenvalue weighted by molar-refractivity contribution is 0.414. The van der Waals surface area contributed by atoms with Crippen LogP contribution in [0.3, 0.4) is 0 Å². The number of methoxy groups -OCH3 is 1. The van der Waals surface area contributed by atoms with Crippen molar-refractivity contribution in [3.8, 4) is 5.75 Å². The molecule has 4 nitrogen and oxygen atoms in total. The van der Waals surface area contributed by atoms with Gasteiger partial charge < -0.3 is 9.72 Å². The van der Waals surface area contributed by atoms with Crippen molar-refractivity contribution in [3.63, 3.8) is 0 Å². The van der Waals surface area contributed by atoms with E-state index in [0.29, 0.717) is 0 Å². The van der Waals surface area contributed by atoms with Crippen LogP contribution in [-0.2, 0) is 18.6 Å². The van der Waals surface area contributed by atoms with Crippen LogP contribution in [0.15, 0.2) is 34.2 Å². The summed E-state index contributed by atoms with van der Waals surface area (Å²) in [6.45, 7) is 0. The Morgan fingerprint density at radius 3 is 2.76 bits per heavy atom. The number of H-pyrrole nitrogens is 1. The molecule has 5 heteroatoms. The maximum absolute atomic E-state index is 12.1. The van der Waals surface area contributed by atoms with E-state index in [1.165, 1.54) is 5.56 Å². The molecule has 3 rings (SSSR count). The second-order valence-corrected chi connectivity index (χ2v) is 6.10. The maximum atomic E-state index is 12.1. The van der Waals surface area contributed by atoms with E-state index < -0.39 is 0 Å². The monoisotopic (exact) mass is 302 g/mol. The van der Waals surface area contributed by atoms with Crippen LogP contribution in [-0.4, -0.2) is 17.1 Å². The molecule has 0 fully saturated rings. The van der Waals surface area contributed by atoms with E-state index in [-0.39, 0.29) is 5.56 Å². The summed E-state index contributed by atoms with van der Waals surface area (Å²) in [5.74, 6) is 1.63. The standard InChI is InChI=1S/C16H18N2O2S/c1-20-12-8-6-11(7-9-12)10-21-16-17-14-5-3-2-4-13(14)15(19)18-16/h6-9H,2-5,10H2,1H3,(H,17,18,19). The number of benzene rings is 1. The molecular formula is C16H18N2O2S. The number of nitrogens with zero attached hydrogens (tertiary/aromatic N) is 1. The van der Waals surface area contributed by atoms with E-state index in [0.717, 1.165) is 53.6 Å². The molecular weight excluding hydrogens is 284 g/mol. The summed E-state index contributed by atoms with van der Waals surface area (Å²) >= 11 is 1.57. The Balaban J connectivity index is 1.72. The van der Waals surface area contributed by atoms with Crippen LogP contribution >= 0.6 is 11.8 Å². The topological polar surface area (TPSA) is 55.0 Å². The van der Waals surface area contributed by atoms with Gasteiger partial charge in [-0.3, -0.25) is 4.79 Å². The molecule has 0 atom stereocenters. The lowest BCUT2D eigenvalue weighted by atomic mass is 9.97. The fourth-order valence-corrected chi connectivity index (χ4v) is 3.36. The largest absolute Gasteiger partial charge is 0.497 e. The third kappa shape index (κ3) is 3.29. The summed E-state index contributed by atoms with van der Waals surface area (Å²) in [4.78, 5) is 19.6. The molecule has 0 radical (unpaired) electrons. The Morgan fingerprint density at radius 1 is 1.24 bits per heavy atom. The van der Waals surface area contributed by atoms with Gasteiger partial charge in [0, 0.05) is 11.3 Å². The molecule has 1 aromatic heterocycles. The molecule has 0 saturated heterocycles. The predicted molar refractivity (Wildman–Crippen MR) is 84.1 cm³/mol. The van der Waals surface area contributed by atoms with E-state index in [1.807, 2.05) is 24.3 Å². The van der Waals surface area contributed by atoms with Gasteiger partial charge in [0.05, 0.1) is 12.8 Å². The SMILES string of the molecule is COc1ccc(CSc2nc3c(c(=O)[nH]2)CCCC3)cc1. The van der Waals surface area contributed by atoms with E-state index in [1.54, 1.807) is 18.9 Å². The molecule has 0 spiro atoms. The second kappa shape index (κ2) is 6.35. The van der Waals surface area contributed by atoms with Gasteiger partial charge in [0.25, 0.3) is 5.56 Å². The van der Waals surface area contributed by atoms with Crippen LogP contribution in [0, 0.1) is 0 Å². The molecule has 0 amide bonds. The van der Waals surface area contributed by atoms with Crippen LogP contribution in [0.4, 0.5) is 0 Å². The quantitative estimate of drug-likeness (QED) is 0.697. The Labute approximate surface area is 128 Å². The third-order valence-electron chi connectivity index (χ3n) is 3.70. The molecule has 1 aromatic carbocycles. The third-order valence-corrected chi connectivity index (χ3v) is 4.65. The lowest BCUT2D eigenvalue weighted by Crippen LogP contribution is -2.21. The van der Waals surface area contributed by atoms with E-state index >= 15 is 0 Å². The zero-order valence-corrected chi connectivity index (χ0v) is 12.8. The summed E-state index contributed by atoms with van der Waals surface area (Å²) in [6, 6.07) is 7.95. The van der Waals surface area contributed by atoms with Gasteiger partial charge in [0.2, 0.25) is 0 Å². The van der Waals surface area contributed by atoms with Gasteiger partial charge in [-0.2, -0.15) is 0 Å². The molecule has 2 aromatic rings. The number of aromatic amines is 1. The van der Waals surface area contributed by atoms with Crippen molar-refractivity contribution in [3.05, 3.63) is 51.4 Å². The number of fused-ring (bicyclic) bond motifs is 1. The Hall–Kier alpha value is -1.75. The lowest BCUT2D eigenvalue weighted by Gasteiger charge is -2.14. The number of hydrogen-bond donors (Lipinski definition) is 1. The van der Waals surface area contributed by atoms with Crippen molar-refractivity contribution in [2.75, 3.05) is 7.11 Å². The molecule has 0 bridgehead atoms. The van der Waals surface area contributed by atoms with Gasteiger partial charge >= 0.3 is 0 Å². The number of hydrogen-bond acceptors (Lipinski definition) is 4. The number of ether oxygens (including phenoxy) is 1. The molecule has 1 N–H and O–H groups in total. The minimum Gasteiger partial charge on any atom is -0.497 e. The first kappa shape index (κ1) is 14.2. The molecule has 110 valence electrons. The average Bonchev–Trinajstić information content (AvgIpc) is 2.53. The summed E-state index contributed by atoms with van der Waals surface area (Å²) in [6.07, 6.45) is 4.01. The number of nitrogens with one attached hydrogen (secondary N) is 1. The summed E-state index contributed by atoms with van der Waals surface area (Å²) in [7, 11) is 1.66. The van der Waals surface area contributed by atoms with Crippen LogP contribution < -0.4 is 10.3 Å². The van der Waals surface area contributed by atoms with Crippen LogP contribution in [0.1, 0.15) is 29.7 Å². The van der Waals surface area contributed by atoms with Gasteiger partial charge in [-0.1, -0.05) is 23.9 Å². The van der Waals surface area contributed by atoms with Crippen molar-refractivity contribution in [2.24, 2.45) is 0 Å². The Kier molecular flexibility index (Phi) is 4.29. The van der Waals surface area contributed by atoms with E-state index in [4.69, 9.17) is 4.74 Å². The van der Waals surface area contributed by atoms with Crippen molar-refractivity contribution in [1.82, 2.24) is 9.97 Å². The van der Waals surface area contributed by atoms with Crippen molar-refractivity contribution >= 4 is 11.8 Å².